The maximum Gasteiger partial charge on any atom is 0.136 e. The minimum absolute atomic E-state index is 0.185. The van der Waals surface area contributed by atoms with Gasteiger partial charge in [0.1, 0.15) is 22.3 Å². The van der Waals surface area contributed by atoms with Gasteiger partial charge in [-0.1, -0.05) is 111 Å². The third kappa shape index (κ3) is 3.66. The molecule has 230 valence electrons. The average Bonchev–Trinajstić information content (AvgIpc) is 3.77. The lowest BCUT2D eigenvalue weighted by atomic mass is 9.78. The van der Waals surface area contributed by atoms with Crippen molar-refractivity contribution in [1.29, 1.82) is 0 Å². The van der Waals surface area contributed by atoms with Crippen LogP contribution in [-0.2, 0) is 5.41 Å². The van der Waals surface area contributed by atoms with Crippen molar-refractivity contribution in [3.05, 3.63) is 157 Å². The van der Waals surface area contributed by atoms with Gasteiger partial charge in [0.15, 0.2) is 0 Å². The van der Waals surface area contributed by atoms with Gasteiger partial charge in [0.2, 0.25) is 0 Å². The average molecular weight is 627 g/mol. The molecule has 2 heterocycles. The lowest BCUT2D eigenvalue weighted by Gasteiger charge is -2.24. The number of para-hydroxylation sites is 1. The highest BCUT2D eigenvalue weighted by atomic mass is 16.3. The molecule has 0 N–H and O–H groups in total. The SMILES string of the molecule is CC1(C)c2ccccc2-c2c(-c3ccc4c(c3)oc3ccccc34)cc3ccc(-c4cccc5oc6cc7ccccc7cc6c45)cc3c21. The fraction of sp³-hybridized carbons (Fsp3) is 0.0638. The van der Waals surface area contributed by atoms with Crippen LogP contribution in [0.3, 0.4) is 0 Å². The third-order valence-electron chi connectivity index (χ3n) is 11.0. The minimum Gasteiger partial charge on any atom is -0.456 e. The molecule has 1 aliphatic carbocycles. The van der Waals surface area contributed by atoms with Gasteiger partial charge in [-0.05, 0) is 115 Å². The first-order valence-corrected chi connectivity index (χ1v) is 17.0. The molecular weight excluding hydrogens is 597 g/mol. The highest BCUT2D eigenvalue weighted by Crippen LogP contribution is 2.55. The van der Waals surface area contributed by atoms with Crippen molar-refractivity contribution < 1.29 is 8.83 Å². The van der Waals surface area contributed by atoms with E-state index in [4.69, 9.17) is 8.83 Å². The second-order valence-electron chi connectivity index (χ2n) is 14.1. The zero-order valence-electron chi connectivity index (χ0n) is 27.2. The molecule has 11 rings (SSSR count). The molecule has 0 bridgehead atoms. The van der Waals surface area contributed by atoms with Crippen LogP contribution in [0.15, 0.2) is 154 Å². The molecule has 0 atom stereocenters. The van der Waals surface area contributed by atoms with Crippen molar-refractivity contribution in [1.82, 2.24) is 0 Å². The van der Waals surface area contributed by atoms with Crippen LogP contribution in [0.25, 0.3) is 98.8 Å². The first-order chi connectivity index (χ1) is 24.0. The summed E-state index contributed by atoms with van der Waals surface area (Å²) in [5.74, 6) is 0. The van der Waals surface area contributed by atoms with Crippen LogP contribution < -0.4 is 0 Å². The molecule has 2 aromatic heterocycles. The van der Waals surface area contributed by atoms with E-state index in [1.807, 2.05) is 12.1 Å². The van der Waals surface area contributed by atoms with Gasteiger partial charge in [0.25, 0.3) is 0 Å². The number of benzene rings is 8. The van der Waals surface area contributed by atoms with Crippen LogP contribution in [-0.4, -0.2) is 0 Å². The molecule has 10 aromatic rings. The van der Waals surface area contributed by atoms with Crippen molar-refractivity contribution in [3.8, 4) is 33.4 Å². The fourth-order valence-electron chi connectivity index (χ4n) is 8.75. The third-order valence-corrected chi connectivity index (χ3v) is 11.0. The molecule has 8 aromatic carbocycles. The van der Waals surface area contributed by atoms with Gasteiger partial charge in [-0.2, -0.15) is 0 Å². The molecule has 0 fully saturated rings. The summed E-state index contributed by atoms with van der Waals surface area (Å²) in [5, 5.41) is 9.55. The van der Waals surface area contributed by atoms with E-state index in [1.165, 1.54) is 66.1 Å². The molecule has 1 aliphatic rings. The highest BCUT2D eigenvalue weighted by Gasteiger charge is 2.38. The molecule has 0 saturated heterocycles. The Labute approximate surface area is 282 Å². The van der Waals surface area contributed by atoms with E-state index in [9.17, 15) is 0 Å². The molecule has 2 heteroatoms. The summed E-state index contributed by atoms with van der Waals surface area (Å²) in [7, 11) is 0. The number of furan rings is 2. The first-order valence-electron chi connectivity index (χ1n) is 17.0. The largest absolute Gasteiger partial charge is 0.456 e. The van der Waals surface area contributed by atoms with Crippen molar-refractivity contribution in [2.75, 3.05) is 0 Å². The van der Waals surface area contributed by atoms with E-state index in [0.29, 0.717) is 0 Å². The van der Waals surface area contributed by atoms with Crippen molar-refractivity contribution in [2.24, 2.45) is 0 Å². The topological polar surface area (TPSA) is 26.3 Å². The predicted octanol–water partition coefficient (Wildman–Crippen LogP) is 13.4. The zero-order chi connectivity index (χ0) is 32.4. The number of hydrogen-bond acceptors (Lipinski definition) is 2. The van der Waals surface area contributed by atoms with Crippen LogP contribution >= 0.6 is 0 Å². The normalized spacial score (nSPS) is 13.7. The van der Waals surface area contributed by atoms with Gasteiger partial charge >= 0.3 is 0 Å². The molecule has 2 nitrogen and oxygen atoms in total. The Kier molecular flexibility index (Phi) is 5.21. The van der Waals surface area contributed by atoms with E-state index >= 15 is 0 Å². The van der Waals surface area contributed by atoms with E-state index < -0.39 is 0 Å². The lowest BCUT2D eigenvalue weighted by molar-refractivity contribution is 0.666. The number of hydrogen-bond donors (Lipinski definition) is 0. The molecule has 0 radical (unpaired) electrons. The Bertz CT molecular complexity index is 3020. The van der Waals surface area contributed by atoms with Gasteiger partial charge in [-0.3, -0.25) is 0 Å². The lowest BCUT2D eigenvalue weighted by Crippen LogP contribution is -2.15. The summed E-state index contributed by atoms with van der Waals surface area (Å²) in [4.78, 5) is 0. The van der Waals surface area contributed by atoms with E-state index in [1.54, 1.807) is 0 Å². The van der Waals surface area contributed by atoms with Gasteiger partial charge in [0.05, 0.1) is 0 Å². The molecule has 0 amide bonds. The van der Waals surface area contributed by atoms with E-state index in [-0.39, 0.29) is 5.41 Å². The first kappa shape index (κ1) is 26.9. The quantitative estimate of drug-likeness (QED) is 0.191. The summed E-state index contributed by atoms with van der Waals surface area (Å²) in [6.45, 7) is 4.76. The maximum atomic E-state index is 6.47. The van der Waals surface area contributed by atoms with Gasteiger partial charge < -0.3 is 8.83 Å². The van der Waals surface area contributed by atoms with Crippen LogP contribution in [0.1, 0.15) is 25.0 Å². The molecular formula is C47H30O2. The van der Waals surface area contributed by atoms with E-state index in [2.05, 4.69) is 147 Å². The maximum absolute atomic E-state index is 6.47. The summed E-state index contributed by atoms with van der Waals surface area (Å²) in [6, 6.07) is 52.8. The van der Waals surface area contributed by atoms with Crippen molar-refractivity contribution in [3.63, 3.8) is 0 Å². The van der Waals surface area contributed by atoms with Crippen LogP contribution in [0.2, 0.25) is 0 Å². The zero-order valence-corrected chi connectivity index (χ0v) is 27.2. The van der Waals surface area contributed by atoms with E-state index in [0.717, 1.165) is 43.9 Å². The summed E-state index contributed by atoms with van der Waals surface area (Å²) < 4.78 is 12.8. The monoisotopic (exact) mass is 626 g/mol. The standard InChI is InChI=1S/C47H30O2/c1-47(2)39-15-7-5-13-35(39)45-36(31-20-21-34-33-12-6-8-16-40(33)48-42(34)26-31)23-30-19-18-29(24-37(30)46(45)47)32-14-9-17-41-44(32)38-22-27-10-3-4-11-28(27)25-43(38)49-41/h3-26H,1-2H3. The second kappa shape index (κ2) is 9.49. The van der Waals surface area contributed by atoms with Gasteiger partial charge in [-0.15, -0.1) is 0 Å². The molecule has 0 unspecified atom stereocenters. The van der Waals surface area contributed by atoms with Crippen LogP contribution in [0.4, 0.5) is 0 Å². The van der Waals surface area contributed by atoms with Crippen molar-refractivity contribution in [2.45, 2.75) is 19.3 Å². The number of rotatable bonds is 2. The predicted molar refractivity (Wildman–Crippen MR) is 204 cm³/mol. The Hall–Kier alpha value is -6.12. The van der Waals surface area contributed by atoms with Crippen molar-refractivity contribution >= 4 is 65.4 Å². The Morgan fingerprint density at radius 2 is 1.08 bits per heavy atom. The van der Waals surface area contributed by atoms with Gasteiger partial charge in [-0.25, -0.2) is 0 Å². The van der Waals surface area contributed by atoms with Crippen LogP contribution in [0, 0.1) is 0 Å². The molecule has 0 saturated carbocycles. The van der Waals surface area contributed by atoms with Gasteiger partial charge in [0, 0.05) is 27.0 Å². The Morgan fingerprint density at radius 1 is 0.408 bits per heavy atom. The van der Waals surface area contributed by atoms with Crippen LogP contribution in [0.5, 0.6) is 0 Å². The Balaban J connectivity index is 1.18. The summed E-state index contributed by atoms with van der Waals surface area (Å²) in [5.41, 5.74) is 13.7. The molecule has 49 heavy (non-hydrogen) atoms. The number of fused-ring (bicyclic) bond motifs is 12. The summed E-state index contributed by atoms with van der Waals surface area (Å²) >= 11 is 0. The Morgan fingerprint density at radius 3 is 2.00 bits per heavy atom. The second-order valence-corrected chi connectivity index (χ2v) is 14.1. The smallest absolute Gasteiger partial charge is 0.136 e. The molecule has 0 spiro atoms. The highest BCUT2D eigenvalue weighted by molar-refractivity contribution is 6.16. The molecule has 0 aliphatic heterocycles. The summed E-state index contributed by atoms with van der Waals surface area (Å²) in [6.07, 6.45) is 0. The fourth-order valence-corrected chi connectivity index (χ4v) is 8.75. The minimum atomic E-state index is -0.185.